The van der Waals surface area contributed by atoms with Crippen molar-refractivity contribution < 1.29 is 15.0 Å². The zero-order valence-corrected chi connectivity index (χ0v) is 8.13. The van der Waals surface area contributed by atoms with Crippen LogP contribution in [-0.2, 0) is 11.4 Å². The maximum atomic E-state index is 11.4. The molecule has 1 aliphatic heterocycles. The Balaban J connectivity index is 2.19. The van der Waals surface area contributed by atoms with Gasteiger partial charge in [0.2, 0.25) is 5.91 Å². The molecule has 1 unspecified atom stereocenters. The van der Waals surface area contributed by atoms with Crippen molar-refractivity contribution in [1.29, 1.82) is 0 Å². The van der Waals surface area contributed by atoms with Crippen LogP contribution in [0.15, 0.2) is 18.3 Å². The van der Waals surface area contributed by atoms with Crippen LogP contribution in [0.4, 0.5) is 5.82 Å². The van der Waals surface area contributed by atoms with Gasteiger partial charge in [0.25, 0.3) is 0 Å². The van der Waals surface area contributed by atoms with Gasteiger partial charge in [-0.3, -0.25) is 9.69 Å². The molecule has 1 aliphatic rings. The molecule has 0 radical (unpaired) electrons. The van der Waals surface area contributed by atoms with E-state index in [0.29, 0.717) is 17.9 Å². The number of β-amino-alcohol motifs (C(OH)–C–C–N with tert-alkyl or cyclic N) is 1. The maximum Gasteiger partial charge on any atom is 0.230 e. The third-order valence-electron chi connectivity index (χ3n) is 2.37. The molecule has 2 rings (SSSR count). The van der Waals surface area contributed by atoms with Gasteiger partial charge < -0.3 is 10.2 Å². The first-order chi connectivity index (χ1) is 7.20. The van der Waals surface area contributed by atoms with E-state index in [9.17, 15) is 9.90 Å². The minimum Gasteiger partial charge on any atom is -0.392 e. The van der Waals surface area contributed by atoms with Crippen LogP contribution in [0.2, 0.25) is 0 Å². The highest BCUT2D eigenvalue weighted by atomic mass is 16.3. The molecule has 80 valence electrons. The highest BCUT2D eigenvalue weighted by molar-refractivity contribution is 5.95. The Morgan fingerprint density at radius 2 is 2.33 bits per heavy atom. The summed E-state index contributed by atoms with van der Waals surface area (Å²) in [4.78, 5) is 16.9. The van der Waals surface area contributed by atoms with E-state index in [1.807, 2.05) is 0 Å². The van der Waals surface area contributed by atoms with Gasteiger partial charge >= 0.3 is 0 Å². The first-order valence-corrected chi connectivity index (χ1v) is 4.75. The lowest BCUT2D eigenvalue weighted by Crippen LogP contribution is -2.26. The van der Waals surface area contributed by atoms with Crippen LogP contribution in [0.3, 0.4) is 0 Å². The molecule has 0 aromatic carbocycles. The summed E-state index contributed by atoms with van der Waals surface area (Å²) in [6.45, 7) is 0.230. The molecule has 0 saturated carbocycles. The normalized spacial score (nSPS) is 21.1. The van der Waals surface area contributed by atoms with E-state index in [1.54, 1.807) is 12.1 Å². The summed E-state index contributed by atoms with van der Waals surface area (Å²) in [6, 6.07) is 3.38. The van der Waals surface area contributed by atoms with Crippen LogP contribution in [0.1, 0.15) is 12.0 Å². The molecule has 1 aromatic rings. The Hall–Kier alpha value is -1.46. The molecular formula is C10H12N2O3. The van der Waals surface area contributed by atoms with Crippen LogP contribution < -0.4 is 4.90 Å². The van der Waals surface area contributed by atoms with Crippen molar-refractivity contribution in [2.75, 3.05) is 11.4 Å². The van der Waals surface area contributed by atoms with Gasteiger partial charge in [0.05, 0.1) is 25.7 Å². The molecular weight excluding hydrogens is 196 g/mol. The zero-order valence-electron chi connectivity index (χ0n) is 8.13. The smallest absolute Gasteiger partial charge is 0.230 e. The number of carbonyl (C=O) groups is 1. The number of amides is 1. The average Bonchev–Trinajstić information content (AvgIpc) is 2.58. The number of carbonyl (C=O) groups excluding carboxylic acids is 1. The monoisotopic (exact) mass is 208 g/mol. The van der Waals surface area contributed by atoms with E-state index in [4.69, 9.17) is 5.11 Å². The number of rotatable bonds is 2. The Bertz CT molecular complexity index is 363. The SMILES string of the molecule is O=C1CC(O)CN1c1ccc(CO)cn1. The Morgan fingerprint density at radius 3 is 2.80 bits per heavy atom. The number of pyridine rings is 1. The van der Waals surface area contributed by atoms with Crippen LogP contribution in [0.5, 0.6) is 0 Å². The fraction of sp³-hybridized carbons (Fsp3) is 0.400. The quantitative estimate of drug-likeness (QED) is 0.698. The van der Waals surface area contributed by atoms with Gasteiger partial charge in [0.1, 0.15) is 5.82 Å². The largest absolute Gasteiger partial charge is 0.392 e. The number of hydrogen-bond donors (Lipinski definition) is 2. The van der Waals surface area contributed by atoms with Crippen LogP contribution >= 0.6 is 0 Å². The third kappa shape index (κ3) is 1.98. The molecule has 0 spiro atoms. The maximum absolute atomic E-state index is 11.4. The van der Waals surface area contributed by atoms with Gasteiger partial charge in [-0.15, -0.1) is 0 Å². The Labute approximate surface area is 87.0 Å². The topological polar surface area (TPSA) is 73.7 Å². The predicted molar refractivity (Wildman–Crippen MR) is 53.1 cm³/mol. The molecule has 2 heterocycles. The summed E-state index contributed by atoms with van der Waals surface area (Å²) < 4.78 is 0. The molecule has 1 aromatic heterocycles. The molecule has 1 fully saturated rings. The number of aliphatic hydroxyl groups is 2. The lowest BCUT2D eigenvalue weighted by atomic mass is 10.3. The molecule has 15 heavy (non-hydrogen) atoms. The highest BCUT2D eigenvalue weighted by Gasteiger charge is 2.29. The predicted octanol–water partition coefficient (Wildman–Crippen LogP) is -0.328. The average molecular weight is 208 g/mol. The van der Waals surface area contributed by atoms with E-state index < -0.39 is 6.10 Å². The number of aliphatic hydroxyl groups excluding tert-OH is 2. The van der Waals surface area contributed by atoms with Crippen LogP contribution in [-0.4, -0.2) is 33.8 Å². The summed E-state index contributed by atoms with van der Waals surface area (Å²) in [5, 5.41) is 18.1. The third-order valence-corrected chi connectivity index (χ3v) is 2.37. The summed E-state index contributed by atoms with van der Waals surface area (Å²) in [5.74, 6) is 0.403. The highest BCUT2D eigenvalue weighted by Crippen LogP contribution is 2.19. The van der Waals surface area contributed by atoms with E-state index in [0.717, 1.165) is 0 Å². The summed E-state index contributed by atoms with van der Waals surface area (Å²) in [6.07, 6.45) is 1.08. The fourth-order valence-electron chi connectivity index (χ4n) is 1.58. The zero-order chi connectivity index (χ0) is 10.8. The lowest BCUT2D eigenvalue weighted by Gasteiger charge is -2.14. The molecule has 5 nitrogen and oxygen atoms in total. The molecule has 0 aliphatic carbocycles. The van der Waals surface area contributed by atoms with Gasteiger partial charge in [-0.25, -0.2) is 4.98 Å². The van der Waals surface area contributed by atoms with Crippen LogP contribution in [0, 0.1) is 0 Å². The summed E-state index contributed by atoms with van der Waals surface area (Å²) in [5.41, 5.74) is 0.700. The van der Waals surface area contributed by atoms with E-state index in [2.05, 4.69) is 4.98 Å². The van der Waals surface area contributed by atoms with Gasteiger partial charge in [0.15, 0.2) is 0 Å². The van der Waals surface area contributed by atoms with E-state index in [-0.39, 0.29) is 18.9 Å². The van der Waals surface area contributed by atoms with Crippen molar-refractivity contribution in [3.63, 3.8) is 0 Å². The van der Waals surface area contributed by atoms with Crippen molar-refractivity contribution in [2.45, 2.75) is 19.1 Å². The minimum atomic E-state index is -0.600. The first kappa shape index (κ1) is 10.1. The molecule has 2 N–H and O–H groups in total. The van der Waals surface area contributed by atoms with Gasteiger partial charge in [-0.2, -0.15) is 0 Å². The summed E-state index contributed by atoms with van der Waals surface area (Å²) in [7, 11) is 0. The van der Waals surface area contributed by atoms with Crippen LogP contribution in [0.25, 0.3) is 0 Å². The Kier molecular flexibility index (Phi) is 2.66. The molecule has 1 amide bonds. The molecule has 1 atom stereocenters. The molecule has 5 heteroatoms. The van der Waals surface area contributed by atoms with Crippen molar-refractivity contribution in [1.82, 2.24) is 4.98 Å². The minimum absolute atomic E-state index is 0.0656. The Morgan fingerprint density at radius 1 is 1.53 bits per heavy atom. The second-order valence-electron chi connectivity index (χ2n) is 3.55. The van der Waals surface area contributed by atoms with Gasteiger partial charge in [-0.05, 0) is 11.6 Å². The number of hydrogen-bond acceptors (Lipinski definition) is 4. The molecule has 1 saturated heterocycles. The number of anilines is 1. The first-order valence-electron chi connectivity index (χ1n) is 4.75. The van der Waals surface area contributed by atoms with Gasteiger partial charge in [-0.1, -0.05) is 6.07 Å². The summed E-state index contributed by atoms with van der Waals surface area (Å²) >= 11 is 0. The van der Waals surface area contributed by atoms with E-state index in [1.165, 1.54) is 11.1 Å². The van der Waals surface area contributed by atoms with Crippen molar-refractivity contribution in [3.05, 3.63) is 23.9 Å². The number of aromatic nitrogens is 1. The van der Waals surface area contributed by atoms with Crippen molar-refractivity contribution in [2.24, 2.45) is 0 Å². The fourth-order valence-corrected chi connectivity index (χ4v) is 1.58. The molecule has 0 bridgehead atoms. The lowest BCUT2D eigenvalue weighted by molar-refractivity contribution is -0.117. The second kappa shape index (κ2) is 3.96. The van der Waals surface area contributed by atoms with Crippen molar-refractivity contribution in [3.8, 4) is 0 Å². The van der Waals surface area contributed by atoms with Gasteiger partial charge in [0, 0.05) is 6.20 Å². The standard InChI is InChI=1S/C10H12N2O3/c13-6-7-1-2-9(11-4-7)12-5-8(14)3-10(12)15/h1-2,4,8,13-14H,3,5-6H2. The van der Waals surface area contributed by atoms with Crippen molar-refractivity contribution >= 4 is 11.7 Å². The second-order valence-corrected chi connectivity index (χ2v) is 3.55. The van der Waals surface area contributed by atoms with E-state index >= 15 is 0 Å². The number of nitrogens with zero attached hydrogens (tertiary/aromatic N) is 2.